The molecule has 0 unspecified atom stereocenters. The van der Waals surface area contributed by atoms with Crippen molar-refractivity contribution in [1.29, 1.82) is 0 Å². The van der Waals surface area contributed by atoms with Gasteiger partial charge in [-0.3, -0.25) is 19.2 Å². The van der Waals surface area contributed by atoms with E-state index in [0.29, 0.717) is 23.0 Å². The van der Waals surface area contributed by atoms with E-state index in [1.807, 2.05) is 28.8 Å². The number of benzene rings is 1. The number of halogens is 1. The zero-order valence-corrected chi connectivity index (χ0v) is 14.5. The second-order valence-electron chi connectivity index (χ2n) is 5.64. The Morgan fingerprint density at radius 1 is 1.30 bits per heavy atom. The molecule has 1 aromatic carbocycles. The molecule has 1 aliphatic rings. The van der Waals surface area contributed by atoms with E-state index in [-0.39, 0.29) is 5.56 Å². The molecule has 23 heavy (non-hydrogen) atoms. The number of unbranched alkanes of at least 4 members (excludes halogenated alkanes) is 1. The lowest BCUT2D eigenvalue weighted by Crippen LogP contribution is -2.39. The Morgan fingerprint density at radius 3 is 2.74 bits per heavy atom. The molecule has 1 aromatic heterocycles. The Kier molecular flexibility index (Phi) is 4.84. The number of H-pyrrole nitrogens is 1. The van der Waals surface area contributed by atoms with E-state index in [2.05, 4.69) is 22.1 Å². The first-order valence-corrected chi connectivity index (χ1v) is 8.49. The van der Waals surface area contributed by atoms with Crippen LogP contribution in [-0.2, 0) is 6.54 Å². The van der Waals surface area contributed by atoms with Crippen LogP contribution in [0.25, 0.3) is 5.69 Å². The lowest BCUT2D eigenvalue weighted by Gasteiger charge is -2.31. The summed E-state index contributed by atoms with van der Waals surface area (Å²) in [5, 5.41) is 4.02. The summed E-state index contributed by atoms with van der Waals surface area (Å²) in [6.45, 7) is 4.47. The molecule has 7 heteroatoms. The normalized spacial score (nSPS) is 14.3. The van der Waals surface area contributed by atoms with Crippen molar-refractivity contribution in [2.45, 2.75) is 26.3 Å². The molecule has 2 heterocycles. The lowest BCUT2D eigenvalue weighted by atomic mass is 10.2. The maximum atomic E-state index is 12.3. The summed E-state index contributed by atoms with van der Waals surface area (Å²) >= 11 is 11.3. The van der Waals surface area contributed by atoms with Crippen LogP contribution in [0.5, 0.6) is 0 Å². The van der Waals surface area contributed by atoms with E-state index in [0.717, 1.165) is 36.5 Å². The monoisotopic (exact) mass is 350 g/mol. The van der Waals surface area contributed by atoms with Crippen LogP contribution in [-0.4, -0.2) is 27.7 Å². The fourth-order valence-electron chi connectivity index (χ4n) is 2.75. The SMILES string of the molecule is CCCCN1CNc2c(c(=O)[nH]c(=S)n2-c2ccc(Cl)cc2)C1. The van der Waals surface area contributed by atoms with Gasteiger partial charge in [0, 0.05) is 23.8 Å². The quantitative estimate of drug-likeness (QED) is 0.828. The minimum absolute atomic E-state index is 0.121. The van der Waals surface area contributed by atoms with Crippen LogP contribution in [0.3, 0.4) is 0 Å². The highest BCUT2D eigenvalue weighted by atomic mass is 35.5. The van der Waals surface area contributed by atoms with Gasteiger partial charge >= 0.3 is 0 Å². The van der Waals surface area contributed by atoms with Crippen LogP contribution >= 0.6 is 23.8 Å². The van der Waals surface area contributed by atoms with Gasteiger partial charge in [0.15, 0.2) is 4.77 Å². The molecule has 0 bridgehead atoms. The maximum absolute atomic E-state index is 12.3. The van der Waals surface area contributed by atoms with Crippen molar-refractivity contribution in [2.24, 2.45) is 0 Å². The van der Waals surface area contributed by atoms with Crippen molar-refractivity contribution in [2.75, 3.05) is 18.5 Å². The standard InChI is InChI=1S/C16H19ClN4OS/c1-2-3-8-20-9-13-14(18-10-20)21(16(23)19-15(13)22)12-6-4-11(17)5-7-12/h4-7,18H,2-3,8-10H2,1H3,(H,19,22,23). The lowest BCUT2D eigenvalue weighted by molar-refractivity contribution is 0.268. The predicted octanol–water partition coefficient (Wildman–Crippen LogP) is 3.53. The molecular weight excluding hydrogens is 332 g/mol. The fraction of sp³-hybridized carbons (Fsp3) is 0.375. The first-order chi connectivity index (χ1) is 11.1. The molecule has 122 valence electrons. The van der Waals surface area contributed by atoms with Gasteiger partial charge in [-0.15, -0.1) is 0 Å². The van der Waals surface area contributed by atoms with Gasteiger partial charge in [0.05, 0.1) is 12.2 Å². The van der Waals surface area contributed by atoms with Crippen LogP contribution in [0.2, 0.25) is 5.02 Å². The number of fused-ring (bicyclic) bond motifs is 1. The van der Waals surface area contributed by atoms with E-state index in [1.54, 1.807) is 0 Å². The third-order valence-electron chi connectivity index (χ3n) is 3.97. The van der Waals surface area contributed by atoms with Gasteiger partial charge < -0.3 is 5.32 Å². The molecule has 2 N–H and O–H groups in total. The molecule has 0 fully saturated rings. The van der Waals surface area contributed by atoms with Gasteiger partial charge in [-0.1, -0.05) is 24.9 Å². The number of hydrogen-bond donors (Lipinski definition) is 2. The molecular formula is C16H19ClN4OS. The second kappa shape index (κ2) is 6.86. The van der Waals surface area contributed by atoms with Crippen LogP contribution in [0.1, 0.15) is 25.3 Å². The smallest absolute Gasteiger partial charge is 0.258 e. The van der Waals surface area contributed by atoms with Crippen molar-refractivity contribution >= 4 is 29.6 Å². The minimum atomic E-state index is -0.121. The second-order valence-corrected chi connectivity index (χ2v) is 6.46. The molecule has 5 nitrogen and oxygen atoms in total. The molecule has 3 rings (SSSR count). The van der Waals surface area contributed by atoms with Crippen LogP contribution in [0.4, 0.5) is 5.82 Å². The van der Waals surface area contributed by atoms with E-state index in [9.17, 15) is 4.79 Å². The molecule has 0 amide bonds. The van der Waals surface area contributed by atoms with E-state index >= 15 is 0 Å². The number of nitrogens with one attached hydrogen (secondary N) is 2. The number of anilines is 1. The molecule has 2 aromatic rings. The zero-order chi connectivity index (χ0) is 16.4. The highest BCUT2D eigenvalue weighted by Gasteiger charge is 2.22. The van der Waals surface area contributed by atoms with E-state index in [1.165, 1.54) is 0 Å². The number of hydrogen-bond acceptors (Lipinski definition) is 4. The van der Waals surface area contributed by atoms with Crippen LogP contribution in [0, 0.1) is 4.77 Å². The molecule has 0 saturated heterocycles. The maximum Gasteiger partial charge on any atom is 0.258 e. The largest absolute Gasteiger partial charge is 0.358 e. The zero-order valence-electron chi connectivity index (χ0n) is 12.9. The van der Waals surface area contributed by atoms with Gasteiger partial charge in [0.1, 0.15) is 5.82 Å². The number of nitrogens with zero attached hydrogens (tertiary/aromatic N) is 2. The van der Waals surface area contributed by atoms with Crippen molar-refractivity contribution in [3.63, 3.8) is 0 Å². The third kappa shape index (κ3) is 3.34. The third-order valence-corrected chi connectivity index (χ3v) is 4.51. The minimum Gasteiger partial charge on any atom is -0.358 e. The van der Waals surface area contributed by atoms with Crippen molar-refractivity contribution in [3.8, 4) is 5.69 Å². The molecule has 1 aliphatic heterocycles. The van der Waals surface area contributed by atoms with Gasteiger partial charge in [-0.25, -0.2) is 0 Å². The average molecular weight is 351 g/mol. The van der Waals surface area contributed by atoms with Gasteiger partial charge in [0.25, 0.3) is 5.56 Å². The Morgan fingerprint density at radius 2 is 2.04 bits per heavy atom. The van der Waals surface area contributed by atoms with Gasteiger partial charge in [-0.2, -0.15) is 0 Å². The summed E-state index contributed by atoms with van der Waals surface area (Å²) in [7, 11) is 0. The number of aromatic amines is 1. The van der Waals surface area contributed by atoms with Gasteiger partial charge in [0.2, 0.25) is 0 Å². The molecule has 0 spiro atoms. The highest BCUT2D eigenvalue weighted by molar-refractivity contribution is 7.71. The Hall–Kier alpha value is -1.63. The van der Waals surface area contributed by atoms with Crippen molar-refractivity contribution in [3.05, 3.63) is 50.0 Å². The molecule has 0 aliphatic carbocycles. The van der Waals surface area contributed by atoms with E-state index in [4.69, 9.17) is 23.8 Å². The summed E-state index contributed by atoms with van der Waals surface area (Å²) in [6.07, 6.45) is 2.25. The Bertz CT molecular complexity index is 812. The summed E-state index contributed by atoms with van der Waals surface area (Å²) < 4.78 is 2.24. The number of rotatable bonds is 4. The summed E-state index contributed by atoms with van der Waals surface area (Å²) in [6, 6.07) is 7.41. The average Bonchev–Trinajstić information content (AvgIpc) is 2.55. The van der Waals surface area contributed by atoms with Crippen molar-refractivity contribution in [1.82, 2.24) is 14.5 Å². The van der Waals surface area contributed by atoms with E-state index < -0.39 is 0 Å². The Labute approximate surface area is 144 Å². The van der Waals surface area contributed by atoms with Crippen LogP contribution in [0.15, 0.2) is 29.1 Å². The predicted molar refractivity (Wildman–Crippen MR) is 96.0 cm³/mol. The Balaban J connectivity index is 2.05. The molecule has 0 atom stereocenters. The fourth-order valence-corrected chi connectivity index (χ4v) is 3.16. The first kappa shape index (κ1) is 16.2. The van der Waals surface area contributed by atoms with Gasteiger partial charge in [-0.05, 0) is 42.9 Å². The topological polar surface area (TPSA) is 53.1 Å². The number of aromatic nitrogens is 2. The van der Waals surface area contributed by atoms with Crippen molar-refractivity contribution < 1.29 is 0 Å². The first-order valence-electron chi connectivity index (χ1n) is 7.70. The van der Waals surface area contributed by atoms with Crippen LogP contribution < -0.4 is 10.9 Å². The molecule has 0 saturated carbocycles. The highest BCUT2D eigenvalue weighted by Crippen LogP contribution is 2.24. The summed E-state index contributed by atoms with van der Waals surface area (Å²) in [5.41, 5.74) is 1.47. The summed E-state index contributed by atoms with van der Waals surface area (Å²) in [4.78, 5) is 17.3. The molecule has 0 radical (unpaired) electrons. The summed E-state index contributed by atoms with van der Waals surface area (Å²) in [5.74, 6) is 0.772.